The SMILES string of the molecule is Cc1ccc(C(C)N2CC(C)(C)NCC2C)s1. The van der Waals surface area contributed by atoms with Gasteiger partial charge in [-0.2, -0.15) is 0 Å². The van der Waals surface area contributed by atoms with Crippen molar-refractivity contribution in [1.82, 2.24) is 10.2 Å². The highest BCUT2D eigenvalue weighted by atomic mass is 32.1. The van der Waals surface area contributed by atoms with E-state index in [0.29, 0.717) is 12.1 Å². The highest BCUT2D eigenvalue weighted by molar-refractivity contribution is 7.12. The molecule has 1 aromatic rings. The molecule has 3 heteroatoms. The molecule has 1 fully saturated rings. The number of aryl methyl sites for hydroxylation is 1. The smallest absolute Gasteiger partial charge is 0.0417 e. The van der Waals surface area contributed by atoms with Gasteiger partial charge < -0.3 is 5.32 Å². The zero-order chi connectivity index (χ0) is 12.6. The molecule has 0 amide bonds. The first-order valence-electron chi connectivity index (χ1n) is 6.46. The lowest BCUT2D eigenvalue weighted by molar-refractivity contribution is 0.0703. The summed E-state index contributed by atoms with van der Waals surface area (Å²) in [6.45, 7) is 13.6. The van der Waals surface area contributed by atoms with Crippen molar-refractivity contribution in [1.29, 1.82) is 0 Å². The van der Waals surface area contributed by atoms with E-state index in [0.717, 1.165) is 13.1 Å². The van der Waals surface area contributed by atoms with Crippen molar-refractivity contribution >= 4 is 11.3 Å². The number of hydrogen-bond donors (Lipinski definition) is 1. The predicted octanol–water partition coefficient (Wildman–Crippen LogP) is 3.19. The van der Waals surface area contributed by atoms with E-state index in [2.05, 4.69) is 57.0 Å². The molecule has 0 saturated carbocycles. The second-order valence-corrected chi connectivity index (χ2v) is 7.23. The normalized spacial score (nSPS) is 27.0. The van der Waals surface area contributed by atoms with Crippen molar-refractivity contribution in [2.45, 2.75) is 52.2 Å². The van der Waals surface area contributed by atoms with Crippen LogP contribution in [0, 0.1) is 6.92 Å². The molecule has 2 unspecified atom stereocenters. The Labute approximate surface area is 109 Å². The molecule has 2 rings (SSSR count). The molecule has 1 aromatic heterocycles. The largest absolute Gasteiger partial charge is 0.309 e. The van der Waals surface area contributed by atoms with E-state index in [1.54, 1.807) is 0 Å². The summed E-state index contributed by atoms with van der Waals surface area (Å²) in [7, 11) is 0. The van der Waals surface area contributed by atoms with Crippen LogP contribution < -0.4 is 5.32 Å². The molecule has 2 nitrogen and oxygen atoms in total. The fraction of sp³-hybridized carbons (Fsp3) is 0.714. The molecule has 0 aliphatic carbocycles. The van der Waals surface area contributed by atoms with E-state index in [9.17, 15) is 0 Å². The van der Waals surface area contributed by atoms with Gasteiger partial charge in [0.1, 0.15) is 0 Å². The van der Waals surface area contributed by atoms with Crippen LogP contribution in [-0.2, 0) is 0 Å². The molecule has 1 aliphatic heterocycles. The van der Waals surface area contributed by atoms with E-state index in [1.165, 1.54) is 9.75 Å². The zero-order valence-corrected chi connectivity index (χ0v) is 12.4. The quantitative estimate of drug-likeness (QED) is 0.869. The lowest BCUT2D eigenvalue weighted by atomic mass is 9.97. The molecular formula is C14H24N2S. The summed E-state index contributed by atoms with van der Waals surface area (Å²) >= 11 is 1.93. The van der Waals surface area contributed by atoms with Crippen molar-refractivity contribution in [3.63, 3.8) is 0 Å². The molecule has 1 aliphatic rings. The first kappa shape index (κ1) is 13.1. The standard InChI is InChI=1S/C14H24N2S/c1-10-8-15-14(4,5)9-16(10)12(3)13-7-6-11(2)17-13/h6-7,10,12,15H,8-9H2,1-5H3. The average Bonchev–Trinajstić information content (AvgIpc) is 2.68. The Morgan fingerprint density at radius 3 is 2.76 bits per heavy atom. The topological polar surface area (TPSA) is 15.3 Å². The number of nitrogens with zero attached hydrogens (tertiary/aromatic N) is 1. The molecule has 1 saturated heterocycles. The second-order valence-electron chi connectivity index (χ2n) is 5.91. The van der Waals surface area contributed by atoms with E-state index >= 15 is 0 Å². The van der Waals surface area contributed by atoms with Crippen LogP contribution in [0.3, 0.4) is 0 Å². The number of hydrogen-bond acceptors (Lipinski definition) is 3. The zero-order valence-electron chi connectivity index (χ0n) is 11.6. The minimum Gasteiger partial charge on any atom is -0.309 e. The third-order valence-corrected chi connectivity index (χ3v) is 4.86. The minimum absolute atomic E-state index is 0.229. The van der Waals surface area contributed by atoms with Gasteiger partial charge in [-0.25, -0.2) is 0 Å². The Morgan fingerprint density at radius 2 is 2.18 bits per heavy atom. The molecular weight excluding hydrogens is 228 g/mol. The van der Waals surface area contributed by atoms with Gasteiger partial charge in [0.2, 0.25) is 0 Å². The van der Waals surface area contributed by atoms with Gasteiger partial charge in [-0.05, 0) is 46.8 Å². The van der Waals surface area contributed by atoms with Crippen LogP contribution in [0.5, 0.6) is 0 Å². The average molecular weight is 252 g/mol. The maximum atomic E-state index is 3.61. The molecule has 0 spiro atoms. The van der Waals surface area contributed by atoms with Crippen LogP contribution in [0.25, 0.3) is 0 Å². The lowest BCUT2D eigenvalue weighted by Crippen LogP contribution is -2.60. The van der Waals surface area contributed by atoms with Crippen molar-refractivity contribution < 1.29 is 0 Å². The van der Waals surface area contributed by atoms with Gasteiger partial charge in [-0.3, -0.25) is 4.90 Å². The minimum atomic E-state index is 0.229. The number of thiophene rings is 1. The molecule has 0 aromatic carbocycles. The Balaban J connectivity index is 2.14. The van der Waals surface area contributed by atoms with Crippen molar-refractivity contribution in [2.75, 3.05) is 13.1 Å². The van der Waals surface area contributed by atoms with Crippen LogP contribution in [0.1, 0.15) is 43.5 Å². The summed E-state index contributed by atoms with van der Waals surface area (Å²) in [5.74, 6) is 0. The second kappa shape index (κ2) is 4.71. The van der Waals surface area contributed by atoms with Gasteiger partial charge in [0, 0.05) is 40.5 Å². The summed E-state index contributed by atoms with van der Waals surface area (Å²) < 4.78 is 0. The molecule has 0 bridgehead atoms. The summed E-state index contributed by atoms with van der Waals surface area (Å²) in [6.07, 6.45) is 0. The maximum Gasteiger partial charge on any atom is 0.0417 e. The van der Waals surface area contributed by atoms with Gasteiger partial charge in [0.25, 0.3) is 0 Å². The van der Waals surface area contributed by atoms with Crippen LogP contribution in [0.15, 0.2) is 12.1 Å². The number of piperazine rings is 1. The first-order valence-corrected chi connectivity index (χ1v) is 7.28. The Hall–Kier alpha value is -0.380. The molecule has 17 heavy (non-hydrogen) atoms. The predicted molar refractivity (Wildman–Crippen MR) is 75.7 cm³/mol. The number of rotatable bonds is 2. The van der Waals surface area contributed by atoms with E-state index in [1.807, 2.05) is 11.3 Å². The highest BCUT2D eigenvalue weighted by Crippen LogP contribution is 2.31. The highest BCUT2D eigenvalue weighted by Gasteiger charge is 2.33. The van der Waals surface area contributed by atoms with Gasteiger partial charge in [-0.15, -0.1) is 11.3 Å². The molecule has 1 N–H and O–H groups in total. The molecule has 2 atom stereocenters. The van der Waals surface area contributed by atoms with E-state index in [-0.39, 0.29) is 5.54 Å². The fourth-order valence-corrected chi connectivity index (χ4v) is 3.52. The Kier molecular flexibility index (Phi) is 3.62. The van der Waals surface area contributed by atoms with Gasteiger partial charge >= 0.3 is 0 Å². The lowest BCUT2D eigenvalue weighted by Gasteiger charge is -2.46. The third kappa shape index (κ3) is 2.90. The van der Waals surface area contributed by atoms with Gasteiger partial charge in [0.15, 0.2) is 0 Å². The molecule has 2 heterocycles. The summed E-state index contributed by atoms with van der Waals surface area (Å²) in [5.41, 5.74) is 0.229. The van der Waals surface area contributed by atoms with Crippen molar-refractivity contribution in [3.05, 3.63) is 21.9 Å². The van der Waals surface area contributed by atoms with Gasteiger partial charge in [0.05, 0.1) is 0 Å². The molecule has 0 radical (unpaired) electrons. The van der Waals surface area contributed by atoms with Crippen LogP contribution in [0.2, 0.25) is 0 Å². The summed E-state index contributed by atoms with van der Waals surface area (Å²) in [5, 5.41) is 3.61. The third-order valence-electron chi connectivity index (χ3n) is 3.69. The Bertz CT molecular complexity index is 383. The fourth-order valence-electron chi connectivity index (χ4n) is 2.57. The van der Waals surface area contributed by atoms with Crippen LogP contribution in [0.4, 0.5) is 0 Å². The van der Waals surface area contributed by atoms with Gasteiger partial charge in [-0.1, -0.05) is 0 Å². The Morgan fingerprint density at radius 1 is 1.47 bits per heavy atom. The summed E-state index contributed by atoms with van der Waals surface area (Å²) in [4.78, 5) is 5.53. The van der Waals surface area contributed by atoms with E-state index in [4.69, 9.17) is 0 Å². The molecule has 96 valence electrons. The summed E-state index contributed by atoms with van der Waals surface area (Å²) in [6, 6.07) is 5.66. The van der Waals surface area contributed by atoms with E-state index < -0.39 is 0 Å². The number of nitrogens with one attached hydrogen (secondary N) is 1. The monoisotopic (exact) mass is 252 g/mol. The first-order chi connectivity index (χ1) is 7.89. The van der Waals surface area contributed by atoms with Crippen LogP contribution in [-0.4, -0.2) is 29.6 Å². The van der Waals surface area contributed by atoms with Crippen molar-refractivity contribution in [2.24, 2.45) is 0 Å². The van der Waals surface area contributed by atoms with Crippen LogP contribution >= 0.6 is 11.3 Å². The van der Waals surface area contributed by atoms with Crippen molar-refractivity contribution in [3.8, 4) is 0 Å². The maximum absolute atomic E-state index is 3.61.